The van der Waals surface area contributed by atoms with Crippen molar-refractivity contribution < 1.29 is 14.7 Å². The number of hydrogen-bond donors (Lipinski definition) is 1. The van der Waals surface area contributed by atoms with Crippen LogP contribution in [-0.4, -0.2) is 23.5 Å². The number of carboxylic acids is 1. The minimum absolute atomic E-state index is 0.0559. The van der Waals surface area contributed by atoms with Gasteiger partial charge in [0, 0.05) is 12.2 Å². The fourth-order valence-electron chi connectivity index (χ4n) is 2.52. The van der Waals surface area contributed by atoms with Gasteiger partial charge in [0.25, 0.3) is 0 Å². The second-order valence-electron chi connectivity index (χ2n) is 4.76. The highest BCUT2D eigenvalue weighted by atomic mass is 32.1. The number of amides is 1. The zero-order chi connectivity index (χ0) is 14.1. The monoisotopic (exact) mass is 287 g/mol. The summed E-state index contributed by atoms with van der Waals surface area (Å²) in [6.07, 6.45) is 0.310. The van der Waals surface area contributed by atoms with Crippen molar-refractivity contribution >= 4 is 28.9 Å². The molecule has 0 aliphatic carbocycles. The molecule has 0 spiro atoms. The van der Waals surface area contributed by atoms with E-state index in [-0.39, 0.29) is 12.5 Å². The first-order valence-electron chi connectivity index (χ1n) is 6.30. The summed E-state index contributed by atoms with van der Waals surface area (Å²) in [5.41, 5.74) is 2.41. The summed E-state index contributed by atoms with van der Waals surface area (Å²) in [7, 11) is 0. The summed E-state index contributed by atoms with van der Waals surface area (Å²) in [4.78, 5) is 25.3. The van der Waals surface area contributed by atoms with Crippen LogP contribution in [0.4, 0.5) is 5.69 Å². The molecule has 1 aliphatic heterocycles. The maximum atomic E-state index is 12.4. The van der Waals surface area contributed by atoms with Gasteiger partial charge in [0.1, 0.15) is 5.92 Å². The lowest BCUT2D eigenvalue weighted by atomic mass is 10.0. The molecule has 2 heterocycles. The van der Waals surface area contributed by atoms with Crippen molar-refractivity contribution in [3.05, 3.63) is 52.2 Å². The first-order chi connectivity index (χ1) is 9.66. The van der Waals surface area contributed by atoms with E-state index in [2.05, 4.69) is 0 Å². The molecule has 2 aromatic rings. The number of carbonyl (C=O) groups is 2. The maximum absolute atomic E-state index is 12.4. The van der Waals surface area contributed by atoms with Crippen LogP contribution in [0.1, 0.15) is 17.0 Å². The van der Waals surface area contributed by atoms with E-state index in [1.807, 2.05) is 35.0 Å². The SMILES string of the molecule is O=C(O)C1CN(C(=O)Cc2ccsc2)c2ccccc21. The average Bonchev–Trinajstić information content (AvgIpc) is 3.05. The van der Waals surface area contributed by atoms with Gasteiger partial charge in [0.05, 0.1) is 6.42 Å². The molecule has 5 heteroatoms. The number of thiophene rings is 1. The highest BCUT2D eigenvalue weighted by molar-refractivity contribution is 7.08. The molecule has 3 rings (SSSR count). The lowest BCUT2D eigenvalue weighted by molar-refractivity contribution is -0.138. The second kappa shape index (κ2) is 5.09. The smallest absolute Gasteiger partial charge is 0.312 e. The summed E-state index contributed by atoms with van der Waals surface area (Å²) in [5.74, 6) is -1.57. The van der Waals surface area contributed by atoms with Crippen LogP contribution < -0.4 is 4.90 Å². The Balaban J connectivity index is 1.88. The molecule has 0 radical (unpaired) electrons. The van der Waals surface area contributed by atoms with Crippen molar-refractivity contribution in [2.24, 2.45) is 0 Å². The molecule has 1 aromatic carbocycles. The molecule has 0 bridgehead atoms. The Kier molecular flexibility index (Phi) is 3.28. The molecule has 102 valence electrons. The molecular formula is C15H13NO3S. The largest absolute Gasteiger partial charge is 0.481 e. The number of hydrogen-bond acceptors (Lipinski definition) is 3. The number of aliphatic carboxylic acids is 1. The van der Waals surface area contributed by atoms with Gasteiger partial charge >= 0.3 is 5.97 Å². The molecule has 0 fully saturated rings. The third kappa shape index (κ3) is 2.20. The van der Waals surface area contributed by atoms with E-state index in [9.17, 15) is 14.7 Å². The van der Waals surface area contributed by atoms with Gasteiger partial charge in [-0.15, -0.1) is 0 Å². The Hall–Kier alpha value is -2.14. The highest BCUT2D eigenvalue weighted by Crippen LogP contribution is 2.36. The predicted octanol–water partition coefficient (Wildman–Crippen LogP) is 2.51. The highest BCUT2D eigenvalue weighted by Gasteiger charge is 2.36. The Labute approximate surface area is 120 Å². The van der Waals surface area contributed by atoms with E-state index in [0.29, 0.717) is 6.42 Å². The van der Waals surface area contributed by atoms with E-state index in [1.165, 1.54) is 0 Å². The normalized spacial score (nSPS) is 17.0. The second-order valence-corrected chi connectivity index (χ2v) is 5.54. The van der Waals surface area contributed by atoms with Gasteiger partial charge in [-0.2, -0.15) is 11.3 Å². The van der Waals surface area contributed by atoms with Crippen LogP contribution in [0.3, 0.4) is 0 Å². The Bertz CT molecular complexity index is 651. The van der Waals surface area contributed by atoms with Crippen LogP contribution >= 0.6 is 11.3 Å². The third-order valence-electron chi connectivity index (χ3n) is 3.50. The predicted molar refractivity (Wildman–Crippen MR) is 77.2 cm³/mol. The topological polar surface area (TPSA) is 57.6 Å². The number of benzene rings is 1. The minimum atomic E-state index is -0.886. The molecule has 4 nitrogen and oxygen atoms in total. The van der Waals surface area contributed by atoms with Crippen molar-refractivity contribution in [3.8, 4) is 0 Å². The van der Waals surface area contributed by atoms with Crippen LogP contribution in [0, 0.1) is 0 Å². The fraction of sp³-hybridized carbons (Fsp3) is 0.200. The summed E-state index contributed by atoms with van der Waals surface area (Å²) in [6.45, 7) is 0.220. The molecule has 1 amide bonds. The number of nitrogens with zero attached hydrogens (tertiary/aromatic N) is 1. The van der Waals surface area contributed by atoms with Crippen LogP contribution in [0.5, 0.6) is 0 Å². The van der Waals surface area contributed by atoms with Crippen molar-refractivity contribution in [1.29, 1.82) is 0 Å². The van der Waals surface area contributed by atoms with Gasteiger partial charge in [-0.1, -0.05) is 18.2 Å². The Morgan fingerprint density at radius 1 is 1.30 bits per heavy atom. The molecule has 1 aliphatic rings. The number of fused-ring (bicyclic) bond motifs is 1. The molecule has 1 atom stereocenters. The zero-order valence-electron chi connectivity index (χ0n) is 10.7. The van der Waals surface area contributed by atoms with Crippen molar-refractivity contribution in [3.63, 3.8) is 0 Å². The lowest BCUT2D eigenvalue weighted by Crippen LogP contribution is -2.32. The standard InChI is InChI=1S/C15H13NO3S/c17-14(7-10-5-6-20-9-10)16-8-12(15(18)19)11-3-1-2-4-13(11)16/h1-6,9,12H,7-8H2,(H,18,19). The first-order valence-corrected chi connectivity index (χ1v) is 7.24. The summed E-state index contributed by atoms with van der Waals surface area (Å²) < 4.78 is 0. The van der Waals surface area contributed by atoms with Crippen LogP contribution in [0.15, 0.2) is 41.1 Å². The van der Waals surface area contributed by atoms with Gasteiger partial charge in [0.2, 0.25) is 5.91 Å². The number of carboxylic acid groups (broad SMARTS) is 1. The van der Waals surface area contributed by atoms with Crippen LogP contribution in [-0.2, 0) is 16.0 Å². The van der Waals surface area contributed by atoms with Crippen LogP contribution in [0.25, 0.3) is 0 Å². The van der Waals surface area contributed by atoms with Gasteiger partial charge in [-0.05, 0) is 34.0 Å². The van der Waals surface area contributed by atoms with E-state index in [1.54, 1.807) is 22.3 Å². The number of anilines is 1. The van der Waals surface area contributed by atoms with E-state index in [4.69, 9.17) is 0 Å². The van der Waals surface area contributed by atoms with Gasteiger partial charge < -0.3 is 10.0 Å². The third-order valence-corrected chi connectivity index (χ3v) is 4.23. The van der Waals surface area contributed by atoms with Crippen molar-refractivity contribution in [2.75, 3.05) is 11.4 Å². The summed E-state index contributed by atoms with van der Waals surface area (Å²) in [5, 5.41) is 13.2. The minimum Gasteiger partial charge on any atom is -0.481 e. The molecule has 1 unspecified atom stereocenters. The van der Waals surface area contributed by atoms with Gasteiger partial charge in [0.15, 0.2) is 0 Å². The zero-order valence-corrected chi connectivity index (χ0v) is 11.5. The number of carbonyl (C=O) groups excluding carboxylic acids is 1. The summed E-state index contributed by atoms with van der Waals surface area (Å²) >= 11 is 1.55. The quantitative estimate of drug-likeness (QED) is 0.943. The first kappa shape index (κ1) is 12.9. The van der Waals surface area contributed by atoms with Gasteiger partial charge in [-0.3, -0.25) is 9.59 Å². The van der Waals surface area contributed by atoms with Crippen molar-refractivity contribution in [1.82, 2.24) is 0 Å². The fourth-order valence-corrected chi connectivity index (χ4v) is 3.19. The average molecular weight is 287 g/mol. The van der Waals surface area contributed by atoms with E-state index >= 15 is 0 Å². The Morgan fingerprint density at radius 2 is 2.10 bits per heavy atom. The molecule has 1 aromatic heterocycles. The van der Waals surface area contributed by atoms with Crippen molar-refractivity contribution in [2.45, 2.75) is 12.3 Å². The lowest BCUT2D eigenvalue weighted by Gasteiger charge is -2.17. The molecule has 20 heavy (non-hydrogen) atoms. The molecule has 0 saturated heterocycles. The van der Waals surface area contributed by atoms with Crippen LogP contribution in [0.2, 0.25) is 0 Å². The molecule has 1 N–H and O–H groups in total. The maximum Gasteiger partial charge on any atom is 0.312 e. The Morgan fingerprint density at radius 3 is 2.80 bits per heavy atom. The van der Waals surface area contributed by atoms with E-state index in [0.717, 1.165) is 16.8 Å². The van der Waals surface area contributed by atoms with Gasteiger partial charge in [-0.25, -0.2) is 0 Å². The number of para-hydroxylation sites is 1. The molecular weight excluding hydrogens is 274 g/mol. The van der Waals surface area contributed by atoms with E-state index < -0.39 is 11.9 Å². The number of rotatable bonds is 3. The summed E-state index contributed by atoms with van der Waals surface area (Å²) in [6, 6.07) is 9.14. The molecule has 0 saturated carbocycles.